The standard InChI is InChI=1S/C13H16FNO5S/c14-11-4-2-1-3-10(11)12(13(16)17)15-21(18,19)8-9-5-6-20-7-9/h1-4,9,12,15H,5-8H2,(H,16,17). The zero-order chi connectivity index (χ0) is 15.5. The summed E-state index contributed by atoms with van der Waals surface area (Å²) in [6, 6.07) is 3.55. The largest absolute Gasteiger partial charge is 0.480 e. The molecule has 0 amide bonds. The lowest BCUT2D eigenvalue weighted by Gasteiger charge is -2.17. The Kier molecular flexibility index (Phi) is 4.92. The smallest absolute Gasteiger partial charge is 0.326 e. The van der Waals surface area contributed by atoms with Gasteiger partial charge in [-0.25, -0.2) is 12.8 Å². The van der Waals surface area contributed by atoms with E-state index in [1.807, 2.05) is 0 Å². The Morgan fingerprint density at radius 1 is 1.48 bits per heavy atom. The van der Waals surface area contributed by atoms with Crippen LogP contribution in [0.3, 0.4) is 0 Å². The summed E-state index contributed by atoms with van der Waals surface area (Å²) in [5.41, 5.74) is -0.212. The minimum atomic E-state index is -3.85. The van der Waals surface area contributed by atoms with Crippen LogP contribution in [0.25, 0.3) is 0 Å². The minimum Gasteiger partial charge on any atom is -0.480 e. The van der Waals surface area contributed by atoms with Gasteiger partial charge in [0.15, 0.2) is 0 Å². The molecule has 0 aromatic heterocycles. The van der Waals surface area contributed by atoms with Crippen molar-refractivity contribution in [2.75, 3.05) is 19.0 Å². The maximum Gasteiger partial charge on any atom is 0.326 e. The van der Waals surface area contributed by atoms with Gasteiger partial charge in [-0.1, -0.05) is 18.2 Å². The second kappa shape index (κ2) is 6.50. The first-order valence-corrected chi connectivity index (χ1v) is 8.09. The van der Waals surface area contributed by atoms with Gasteiger partial charge in [0.2, 0.25) is 10.0 Å². The summed E-state index contributed by atoms with van der Waals surface area (Å²) in [6.07, 6.45) is 0.609. The summed E-state index contributed by atoms with van der Waals surface area (Å²) < 4.78 is 44.9. The molecule has 0 radical (unpaired) electrons. The fraction of sp³-hybridized carbons (Fsp3) is 0.462. The third kappa shape index (κ3) is 4.23. The molecule has 6 nitrogen and oxygen atoms in total. The lowest BCUT2D eigenvalue weighted by atomic mass is 10.1. The van der Waals surface area contributed by atoms with Crippen LogP contribution < -0.4 is 4.72 Å². The molecule has 0 aliphatic carbocycles. The van der Waals surface area contributed by atoms with E-state index in [9.17, 15) is 17.6 Å². The Morgan fingerprint density at radius 2 is 2.19 bits per heavy atom. The molecular formula is C13H16FNO5S. The summed E-state index contributed by atoms with van der Waals surface area (Å²) in [7, 11) is -3.85. The molecule has 1 aliphatic rings. The van der Waals surface area contributed by atoms with Crippen LogP contribution in [0, 0.1) is 11.7 Å². The number of aliphatic carboxylic acids is 1. The summed E-state index contributed by atoms with van der Waals surface area (Å²) in [6.45, 7) is 0.828. The number of rotatable bonds is 6. The van der Waals surface area contributed by atoms with E-state index in [0.29, 0.717) is 19.6 Å². The molecule has 1 aliphatic heterocycles. The minimum absolute atomic E-state index is 0.169. The van der Waals surface area contributed by atoms with Crippen LogP contribution in [0.4, 0.5) is 4.39 Å². The predicted molar refractivity (Wildman–Crippen MR) is 72.6 cm³/mol. The van der Waals surface area contributed by atoms with Crippen LogP contribution in [0.1, 0.15) is 18.0 Å². The zero-order valence-corrected chi connectivity index (χ0v) is 12.0. The van der Waals surface area contributed by atoms with Gasteiger partial charge < -0.3 is 9.84 Å². The molecular weight excluding hydrogens is 301 g/mol. The average molecular weight is 317 g/mol. The van der Waals surface area contributed by atoms with Crippen LogP contribution in [-0.4, -0.2) is 38.5 Å². The van der Waals surface area contributed by atoms with E-state index in [1.54, 1.807) is 0 Å². The number of carboxylic acid groups (broad SMARTS) is 1. The molecule has 1 saturated heterocycles. The van der Waals surface area contributed by atoms with Gasteiger partial charge in [-0.2, -0.15) is 4.72 Å². The second-order valence-electron chi connectivity index (χ2n) is 4.92. The molecule has 0 bridgehead atoms. The molecule has 1 aromatic rings. The molecule has 2 atom stereocenters. The van der Waals surface area contributed by atoms with Gasteiger partial charge in [-0.3, -0.25) is 4.79 Å². The zero-order valence-electron chi connectivity index (χ0n) is 11.2. The van der Waals surface area contributed by atoms with Crippen molar-refractivity contribution < 1.29 is 27.4 Å². The van der Waals surface area contributed by atoms with Crippen molar-refractivity contribution in [1.29, 1.82) is 0 Å². The third-order valence-corrected chi connectivity index (χ3v) is 4.74. The maximum absolute atomic E-state index is 13.7. The van der Waals surface area contributed by atoms with Crippen molar-refractivity contribution in [2.24, 2.45) is 5.92 Å². The molecule has 1 heterocycles. The Balaban J connectivity index is 2.16. The van der Waals surface area contributed by atoms with Crippen molar-refractivity contribution in [3.63, 3.8) is 0 Å². The molecule has 8 heteroatoms. The van der Waals surface area contributed by atoms with Crippen molar-refractivity contribution >= 4 is 16.0 Å². The van der Waals surface area contributed by atoms with E-state index in [1.165, 1.54) is 18.2 Å². The summed E-state index contributed by atoms with van der Waals surface area (Å²) >= 11 is 0. The fourth-order valence-electron chi connectivity index (χ4n) is 2.21. The number of sulfonamides is 1. The first-order valence-electron chi connectivity index (χ1n) is 6.44. The normalized spacial score (nSPS) is 20.3. The molecule has 2 N–H and O–H groups in total. The van der Waals surface area contributed by atoms with Crippen LogP contribution in [0.2, 0.25) is 0 Å². The monoisotopic (exact) mass is 317 g/mol. The topological polar surface area (TPSA) is 92.7 Å². The SMILES string of the molecule is O=C(O)C(NS(=O)(=O)CC1CCOC1)c1ccccc1F. The molecule has 1 fully saturated rings. The summed E-state index contributed by atoms with van der Waals surface area (Å²) in [5.74, 6) is -2.62. The van der Waals surface area contributed by atoms with Crippen molar-refractivity contribution in [2.45, 2.75) is 12.5 Å². The van der Waals surface area contributed by atoms with Gasteiger partial charge >= 0.3 is 5.97 Å². The molecule has 21 heavy (non-hydrogen) atoms. The predicted octanol–water partition coefficient (Wildman–Crippen LogP) is 0.907. The number of ether oxygens (including phenoxy) is 1. The quantitative estimate of drug-likeness (QED) is 0.813. The van der Waals surface area contributed by atoms with E-state index in [-0.39, 0.29) is 17.2 Å². The molecule has 2 unspecified atom stereocenters. The highest BCUT2D eigenvalue weighted by Crippen LogP contribution is 2.20. The summed E-state index contributed by atoms with van der Waals surface area (Å²) in [5, 5.41) is 9.16. The third-order valence-electron chi connectivity index (χ3n) is 3.24. The molecule has 1 aromatic carbocycles. The van der Waals surface area contributed by atoms with Gasteiger partial charge in [0.1, 0.15) is 11.9 Å². The van der Waals surface area contributed by atoms with Crippen molar-refractivity contribution in [3.8, 4) is 0 Å². The molecule has 0 saturated carbocycles. The van der Waals surface area contributed by atoms with Crippen LogP contribution in [0.15, 0.2) is 24.3 Å². The van der Waals surface area contributed by atoms with Crippen molar-refractivity contribution in [1.82, 2.24) is 4.72 Å². The highest BCUT2D eigenvalue weighted by Gasteiger charge is 2.30. The molecule has 116 valence electrons. The Morgan fingerprint density at radius 3 is 2.76 bits per heavy atom. The maximum atomic E-state index is 13.7. The fourth-order valence-corrected chi connectivity index (χ4v) is 3.78. The number of benzene rings is 1. The van der Waals surface area contributed by atoms with E-state index in [4.69, 9.17) is 9.84 Å². The molecule has 0 spiro atoms. The first-order chi connectivity index (χ1) is 9.89. The lowest BCUT2D eigenvalue weighted by molar-refractivity contribution is -0.139. The van der Waals surface area contributed by atoms with Gasteiger partial charge in [-0.05, 0) is 18.4 Å². The van der Waals surface area contributed by atoms with Crippen LogP contribution >= 0.6 is 0 Å². The van der Waals surface area contributed by atoms with Gasteiger partial charge in [0.25, 0.3) is 0 Å². The highest BCUT2D eigenvalue weighted by molar-refractivity contribution is 7.89. The number of hydrogen-bond acceptors (Lipinski definition) is 4. The molecule has 2 rings (SSSR count). The second-order valence-corrected chi connectivity index (χ2v) is 6.72. The number of halogens is 1. The van der Waals surface area contributed by atoms with Crippen molar-refractivity contribution in [3.05, 3.63) is 35.6 Å². The number of carbonyl (C=O) groups is 1. The Labute approximate surface area is 122 Å². The number of nitrogens with one attached hydrogen (secondary N) is 1. The lowest BCUT2D eigenvalue weighted by Crippen LogP contribution is -2.37. The van der Waals surface area contributed by atoms with Gasteiger partial charge in [-0.15, -0.1) is 0 Å². The van der Waals surface area contributed by atoms with E-state index in [0.717, 1.165) is 6.07 Å². The van der Waals surface area contributed by atoms with Gasteiger partial charge in [0.05, 0.1) is 12.4 Å². The van der Waals surface area contributed by atoms with Gasteiger partial charge in [0, 0.05) is 12.2 Å². The number of carboxylic acids is 1. The van der Waals surface area contributed by atoms with Crippen LogP contribution in [-0.2, 0) is 19.6 Å². The Bertz CT molecular complexity index is 613. The Hall–Kier alpha value is -1.51. The van der Waals surface area contributed by atoms with Crippen LogP contribution in [0.5, 0.6) is 0 Å². The first kappa shape index (κ1) is 15.9. The average Bonchev–Trinajstić information content (AvgIpc) is 2.89. The summed E-state index contributed by atoms with van der Waals surface area (Å²) in [4.78, 5) is 11.2. The van der Waals surface area contributed by atoms with E-state index in [2.05, 4.69) is 4.72 Å². The highest BCUT2D eigenvalue weighted by atomic mass is 32.2. The van der Waals surface area contributed by atoms with E-state index < -0.39 is 27.9 Å². The van der Waals surface area contributed by atoms with E-state index >= 15 is 0 Å². The number of hydrogen-bond donors (Lipinski definition) is 2.